The topological polar surface area (TPSA) is 52.6 Å². The highest BCUT2D eigenvalue weighted by Crippen LogP contribution is 2.29. The number of rotatable bonds is 5. The zero-order chi connectivity index (χ0) is 11.3. The van der Waals surface area contributed by atoms with Gasteiger partial charge in [-0.25, -0.2) is 0 Å². The molecule has 0 N–H and O–H groups in total. The Kier molecular flexibility index (Phi) is 3.85. The van der Waals surface area contributed by atoms with E-state index < -0.39 is 5.92 Å². The lowest BCUT2D eigenvalue weighted by atomic mass is 10.0. The Morgan fingerprint density at radius 3 is 2.13 bits per heavy atom. The van der Waals surface area contributed by atoms with Crippen molar-refractivity contribution in [3.05, 3.63) is 23.8 Å². The van der Waals surface area contributed by atoms with E-state index in [0.29, 0.717) is 29.6 Å². The molecule has 0 saturated carbocycles. The fourth-order valence-electron chi connectivity index (χ4n) is 1.25. The van der Waals surface area contributed by atoms with Gasteiger partial charge in [0, 0.05) is 0 Å². The van der Waals surface area contributed by atoms with Gasteiger partial charge >= 0.3 is 0 Å². The Morgan fingerprint density at radius 1 is 1.07 bits per heavy atom. The number of aldehydes is 2. The summed E-state index contributed by atoms with van der Waals surface area (Å²) < 4.78 is 10.1. The molecule has 0 aliphatic rings. The van der Waals surface area contributed by atoms with E-state index in [0.717, 1.165) is 0 Å². The SMILES string of the molecule is COc1ccc(C(C=O)C=O)cc1OC. The first-order chi connectivity index (χ1) is 7.26. The maximum absolute atomic E-state index is 10.6. The van der Waals surface area contributed by atoms with Crippen LogP contribution in [0.5, 0.6) is 11.5 Å². The summed E-state index contributed by atoms with van der Waals surface area (Å²) in [6.45, 7) is 0. The maximum Gasteiger partial charge on any atom is 0.161 e. The normalized spacial score (nSPS) is 9.80. The molecule has 0 heterocycles. The van der Waals surface area contributed by atoms with Gasteiger partial charge in [0.05, 0.1) is 20.1 Å². The molecule has 1 aromatic carbocycles. The molecule has 0 fully saturated rings. The molecule has 0 atom stereocenters. The van der Waals surface area contributed by atoms with Gasteiger partial charge in [-0.1, -0.05) is 6.07 Å². The lowest BCUT2D eigenvalue weighted by Crippen LogP contribution is -2.02. The minimum atomic E-state index is -0.746. The van der Waals surface area contributed by atoms with E-state index >= 15 is 0 Å². The number of hydrogen-bond donors (Lipinski definition) is 0. The van der Waals surface area contributed by atoms with Crippen molar-refractivity contribution in [1.29, 1.82) is 0 Å². The molecular formula is C11H12O4. The smallest absolute Gasteiger partial charge is 0.161 e. The van der Waals surface area contributed by atoms with Gasteiger partial charge in [-0.15, -0.1) is 0 Å². The van der Waals surface area contributed by atoms with Crippen molar-refractivity contribution in [2.75, 3.05) is 14.2 Å². The molecule has 0 radical (unpaired) electrons. The number of hydrogen-bond acceptors (Lipinski definition) is 4. The van der Waals surface area contributed by atoms with Crippen LogP contribution in [-0.2, 0) is 9.59 Å². The summed E-state index contributed by atoms with van der Waals surface area (Å²) in [6, 6.07) is 4.94. The van der Waals surface area contributed by atoms with E-state index in [2.05, 4.69) is 0 Å². The molecule has 0 spiro atoms. The molecule has 4 heteroatoms. The standard InChI is InChI=1S/C11H12O4/c1-14-10-4-3-8(5-11(10)15-2)9(6-12)7-13/h3-7,9H,1-2H3. The Hall–Kier alpha value is -1.84. The van der Waals surface area contributed by atoms with Crippen molar-refractivity contribution in [1.82, 2.24) is 0 Å². The third kappa shape index (κ3) is 2.34. The summed E-state index contributed by atoms with van der Waals surface area (Å²) in [7, 11) is 3.02. The van der Waals surface area contributed by atoms with Gasteiger partial charge < -0.3 is 19.1 Å². The van der Waals surface area contributed by atoms with E-state index in [4.69, 9.17) is 9.47 Å². The molecule has 0 aliphatic heterocycles. The van der Waals surface area contributed by atoms with E-state index in [-0.39, 0.29) is 0 Å². The first kappa shape index (κ1) is 11.2. The van der Waals surface area contributed by atoms with Crippen LogP contribution in [0, 0.1) is 0 Å². The van der Waals surface area contributed by atoms with Gasteiger partial charge in [0.15, 0.2) is 11.5 Å². The van der Waals surface area contributed by atoms with Crippen molar-refractivity contribution in [3.63, 3.8) is 0 Å². The zero-order valence-corrected chi connectivity index (χ0v) is 8.60. The predicted molar refractivity (Wildman–Crippen MR) is 54.4 cm³/mol. The Morgan fingerprint density at radius 2 is 1.67 bits per heavy atom. The number of benzene rings is 1. The molecule has 15 heavy (non-hydrogen) atoms. The monoisotopic (exact) mass is 208 g/mol. The van der Waals surface area contributed by atoms with Crippen molar-refractivity contribution in [3.8, 4) is 11.5 Å². The molecule has 0 bridgehead atoms. The first-order valence-electron chi connectivity index (χ1n) is 4.39. The van der Waals surface area contributed by atoms with E-state index in [1.807, 2.05) is 0 Å². The van der Waals surface area contributed by atoms with Crippen LogP contribution >= 0.6 is 0 Å². The highest BCUT2D eigenvalue weighted by molar-refractivity contribution is 5.85. The number of carbonyl (C=O) groups is 2. The van der Waals surface area contributed by atoms with Gasteiger partial charge in [0.1, 0.15) is 12.6 Å². The van der Waals surface area contributed by atoms with Gasteiger partial charge in [-0.05, 0) is 17.7 Å². The second kappa shape index (κ2) is 5.14. The molecule has 4 nitrogen and oxygen atoms in total. The van der Waals surface area contributed by atoms with Gasteiger partial charge in [0.2, 0.25) is 0 Å². The number of methoxy groups -OCH3 is 2. The van der Waals surface area contributed by atoms with Crippen LogP contribution in [0.15, 0.2) is 18.2 Å². The summed E-state index contributed by atoms with van der Waals surface area (Å²) in [5, 5.41) is 0. The van der Waals surface area contributed by atoms with Crippen molar-refractivity contribution in [2.45, 2.75) is 5.92 Å². The highest BCUT2D eigenvalue weighted by atomic mass is 16.5. The summed E-state index contributed by atoms with van der Waals surface area (Å²) >= 11 is 0. The molecule has 80 valence electrons. The van der Waals surface area contributed by atoms with Crippen molar-refractivity contribution >= 4 is 12.6 Å². The van der Waals surface area contributed by atoms with Gasteiger partial charge in [-0.2, -0.15) is 0 Å². The lowest BCUT2D eigenvalue weighted by Gasteiger charge is -2.10. The summed E-state index contributed by atoms with van der Waals surface area (Å²) in [6.07, 6.45) is 1.18. The minimum Gasteiger partial charge on any atom is -0.493 e. The fraction of sp³-hybridized carbons (Fsp3) is 0.273. The summed E-state index contributed by atoms with van der Waals surface area (Å²) in [5.41, 5.74) is 0.595. The minimum absolute atomic E-state index is 0.503. The van der Waals surface area contributed by atoms with Crippen LogP contribution in [0.4, 0.5) is 0 Å². The quantitative estimate of drug-likeness (QED) is 0.538. The zero-order valence-electron chi connectivity index (χ0n) is 8.60. The number of ether oxygens (including phenoxy) is 2. The second-order valence-corrected chi connectivity index (χ2v) is 2.91. The first-order valence-corrected chi connectivity index (χ1v) is 4.39. The van der Waals surface area contributed by atoms with E-state index in [1.54, 1.807) is 18.2 Å². The molecular weight excluding hydrogens is 196 g/mol. The molecule has 0 amide bonds. The third-order valence-electron chi connectivity index (χ3n) is 2.09. The van der Waals surface area contributed by atoms with Crippen LogP contribution in [0.3, 0.4) is 0 Å². The Labute approximate surface area is 87.8 Å². The van der Waals surface area contributed by atoms with Crippen LogP contribution in [0.2, 0.25) is 0 Å². The number of carbonyl (C=O) groups excluding carboxylic acids is 2. The van der Waals surface area contributed by atoms with E-state index in [1.165, 1.54) is 14.2 Å². The average Bonchev–Trinajstić information content (AvgIpc) is 2.30. The molecule has 0 unspecified atom stereocenters. The maximum atomic E-state index is 10.6. The van der Waals surface area contributed by atoms with Crippen LogP contribution in [0.25, 0.3) is 0 Å². The van der Waals surface area contributed by atoms with Gasteiger partial charge in [0.25, 0.3) is 0 Å². The molecule has 0 aromatic heterocycles. The van der Waals surface area contributed by atoms with Crippen LogP contribution < -0.4 is 9.47 Å². The van der Waals surface area contributed by atoms with Crippen molar-refractivity contribution in [2.24, 2.45) is 0 Å². The average molecular weight is 208 g/mol. The third-order valence-corrected chi connectivity index (χ3v) is 2.09. The summed E-state index contributed by atoms with van der Waals surface area (Å²) in [5.74, 6) is 0.324. The van der Waals surface area contributed by atoms with Gasteiger partial charge in [-0.3, -0.25) is 0 Å². The highest BCUT2D eigenvalue weighted by Gasteiger charge is 2.12. The van der Waals surface area contributed by atoms with E-state index in [9.17, 15) is 9.59 Å². The molecule has 1 aromatic rings. The van der Waals surface area contributed by atoms with Crippen LogP contribution in [0.1, 0.15) is 11.5 Å². The molecule has 1 rings (SSSR count). The van der Waals surface area contributed by atoms with Crippen molar-refractivity contribution < 1.29 is 19.1 Å². The lowest BCUT2D eigenvalue weighted by molar-refractivity contribution is -0.116. The largest absolute Gasteiger partial charge is 0.493 e. The molecule has 0 saturated heterocycles. The Balaban J connectivity index is 3.11. The van der Waals surface area contributed by atoms with Crippen LogP contribution in [-0.4, -0.2) is 26.8 Å². The predicted octanol–water partition coefficient (Wildman–Crippen LogP) is 1.19. The Bertz CT molecular complexity index is 352. The second-order valence-electron chi connectivity index (χ2n) is 2.91. The fourth-order valence-corrected chi connectivity index (χ4v) is 1.25. The summed E-state index contributed by atoms with van der Waals surface area (Å²) in [4.78, 5) is 21.2. The molecule has 0 aliphatic carbocycles.